The molecule has 1 heterocycles. The molecule has 0 bridgehead atoms. The first kappa shape index (κ1) is 14.6. The van der Waals surface area contributed by atoms with Crippen molar-refractivity contribution >= 4 is 11.8 Å². The Kier molecular flexibility index (Phi) is 5.60. The molecule has 2 aromatic rings. The minimum Gasteiger partial charge on any atom is -0.313 e. The Bertz CT molecular complexity index is 587. The molecule has 102 valence electrons. The average Bonchev–Trinajstić information content (AvgIpc) is 2.52. The Labute approximate surface area is 124 Å². The predicted octanol–water partition coefficient (Wildman–Crippen LogP) is 3.36. The summed E-state index contributed by atoms with van der Waals surface area (Å²) in [5.74, 6) is 0.767. The van der Waals surface area contributed by atoms with Gasteiger partial charge in [-0.2, -0.15) is 5.26 Å². The van der Waals surface area contributed by atoms with Gasteiger partial charge in [-0.25, -0.2) is 4.98 Å². The first-order chi connectivity index (χ1) is 9.83. The number of hydrogen-bond donors (Lipinski definition) is 1. The van der Waals surface area contributed by atoms with Gasteiger partial charge in [0.1, 0.15) is 11.8 Å². The fraction of sp³-hybridized carbons (Fsp3) is 0.250. The monoisotopic (exact) mass is 283 g/mol. The van der Waals surface area contributed by atoms with Crippen molar-refractivity contribution in [3.63, 3.8) is 0 Å². The number of thioether (sulfide) groups is 1. The Balaban J connectivity index is 1.95. The highest BCUT2D eigenvalue weighted by Gasteiger charge is 2.03. The van der Waals surface area contributed by atoms with E-state index in [-0.39, 0.29) is 0 Å². The zero-order valence-electron chi connectivity index (χ0n) is 11.5. The van der Waals surface area contributed by atoms with Gasteiger partial charge in [0.25, 0.3) is 0 Å². The van der Waals surface area contributed by atoms with Crippen LogP contribution in [-0.4, -0.2) is 11.5 Å². The molecule has 4 heteroatoms. The summed E-state index contributed by atoms with van der Waals surface area (Å²) in [6, 6.07) is 14.5. The van der Waals surface area contributed by atoms with Crippen LogP contribution >= 0.6 is 11.8 Å². The van der Waals surface area contributed by atoms with Crippen molar-refractivity contribution in [1.29, 1.82) is 5.26 Å². The lowest BCUT2D eigenvalue weighted by Gasteiger charge is -2.05. The Hall–Kier alpha value is -1.83. The summed E-state index contributed by atoms with van der Waals surface area (Å²) in [5.41, 5.74) is 2.79. The van der Waals surface area contributed by atoms with Crippen molar-refractivity contribution in [2.75, 3.05) is 6.54 Å². The van der Waals surface area contributed by atoms with E-state index in [0.29, 0.717) is 5.69 Å². The molecule has 0 amide bonds. The molecule has 1 aromatic carbocycles. The molecule has 1 aromatic heterocycles. The summed E-state index contributed by atoms with van der Waals surface area (Å²) in [6.07, 6.45) is 1.66. The first-order valence-electron chi connectivity index (χ1n) is 6.60. The molecule has 0 atom stereocenters. The maximum Gasteiger partial charge on any atom is 0.144 e. The van der Waals surface area contributed by atoms with Crippen LogP contribution in [0.1, 0.15) is 23.7 Å². The van der Waals surface area contributed by atoms with Gasteiger partial charge in [-0.15, -0.1) is 11.8 Å². The van der Waals surface area contributed by atoms with Gasteiger partial charge in [-0.05, 0) is 35.9 Å². The average molecular weight is 283 g/mol. The van der Waals surface area contributed by atoms with Crippen LogP contribution in [0.3, 0.4) is 0 Å². The Morgan fingerprint density at radius 2 is 2.05 bits per heavy atom. The molecule has 0 fully saturated rings. The lowest BCUT2D eigenvalue weighted by atomic mass is 10.2. The van der Waals surface area contributed by atoms with Crippen LogP contribution in [0.4, 0.5) is 0 Å². The first-order valence-corrected chi connectivity index (χ1v) is 7.58. The second-order valence-corrected chi connectivity index (χ2v) is 5.38. The molecule has 0 unspecified atom stereocenters. The third kappa shape index (κ3) is 4.09. The number of nitrogens with one attached hydrogen (secondary N) is 1. The van der Waals surface area contributed by atoms with Gasteiger partial charge < -0.3 is 5.32 Å². The fourth-order valence-corrected chi connectivity index (χ4v) is 2.67. The second kappa shape index (κ2) is 7.68. The van der Waals surface area contributed by atoms with E-state index in [9.17, 15) is 0 Å². The van der Waals surface area contributed by atoms with Crippen molar-refractivity contribution in [1.82, 2.24) is 10.3 Å². The lowest BCUT2D eigenvalue weighted by Crippen LogP contribution is -2.11. The van der Waals surface area contributed by atoms with Gasteiger partial charge in [-0.3, -0.25) is 0 Å². The summed E-state index contributed by atoms with van der Waals surface area (Å²) in [5, 5.41) is 12.3. The molecule has 0 saturated carbocycles. The highest BCUT2D eigenvalue weighted by molar-refractivity contribution is 7.98. The highest BCUT2D eigenvalue weighted by Crippen LogP contribution is 2.24. The highest BCUT2D eigenvalue weighted by atomic mass is 32.2. The topological polar surface area (TPSA) is 48.7 Å². The van der Waals surface area contributed by atoms with Crippen molar-refractivity contribution < 1.29 is 0 Å². The van der Waals surface area contributed by atoms with E-state index in [4.69, 9.17) is 5.26 Å². The number of nitrogens with zero attached hydrogens (tertiary/aromatic N) is 2. The lowest BCUT2D eigenvalue weighted by molar-refractivity contribution is 0.726. The quantitative estimate of drug-likeness (QED) is 0.826. The third-order valence-electron chi connectivity index (χ3n) is 2.89. The van der Waals surface area contributed by atoms with Gasteiger partial charge in [0, 0.05) is 23.4 Å². The zero-order valence-corrected chi connectivity index (χ0v) is 12.3. The molecule has 0 aliphatic rings. The van der Waals surface area contributed by atoms with E-state index in [1.807, 2.05) is 12.1 Å². The maximum absolute atomic E-state index is 9.01. The maximum atomic E-state index is 9.01. The number of aromatic nitrogens is 1. The van der Waals surface area contributed by atoms with E-state index in [2.05, 4.69) is 47.6 Å². The van der Waals surface area contributed by atoms with Crippen LogP contribution in [0.2, 0.25) is 0 Å². The van der Waals surface area contributed by atoms with Crippen molar-refractivity contribution in [3.8, 4) is 6.07 Å². The van der Waals surface area contributed by atoms with Crippen LogP contribution in [-0.2, 0) is 12.3 Å². The van der Waals surface area contributed by atoms with Gasteiger partial charge in [0.2, 0.25) is 0 Å². The van der Waals surface area contributed by atoms with E-state index in [1.54, 1.807) is 18.0 Å². The fourth-order valence-electron chi connectivity index (χ4n) is 1.79. The molecular weight excluding hydrogens is 266 g/mol. The molecule has 0 radical (unpaired) electrons. The van der Waals surface area contributed by atoms with Gasteiger partial charge in [-0.1, -0.05) is 25.1 Å². The van der Waals surface area contributed by atoms with Gasteiger partial charge >= 0.3 is 0 Å². The summed E-state index contributed by atoms with van der Waals surface area (Å²) >= 11 is 1.72. The predicted molar refractivity (Wildman–Crippen MR) is 82.3 cm³/mol. The summed E-state index contributed by atoms with van der Waals surface area (Å²) in [4.78, 5) is 5.28. The summed E-state index contributed by atoms with van der Waals surface area (Å²) in [7, 11) is 0. The SMILES string of the molecule is CCNCc1ccc(SCc2cccnc2C#N)cc1. The molecule has 3 nitrogen and oxygen atoms in total. The summed E-state index contributed by atoms with van der Waals surface area (Å²) in [6.45, 7) is 3.99. The largest absolute Gasteiger partial charge is 0.313 e. The molecule has 1 N–H and O–H groups in total. The van der Waals surface area contributed by atoms with Crippen molar-refractivity contribution in [3.05, 3.63) is 59.4 Å². The molecule has 0 saturated heterocycles. The second-order valence-electron chi connectivity index (χ2n) is 4.34. The number of benzene rings is 1. The number of rotatable bonds is 6. The van der Waals surface area contributed by atoms with Crippen LogP contribution in [0.5, 0.6) is 0 Å². The van der Waals surface area contributed by atoms with E-state index < -0.39 is 0 Å². The zero-order chi connectivity index (χ0) is 14.2. The molecule has 0 aliphatic heterocycles. The van der Waals surface area contributed by atoms with Crippen molar-refractivity contribution in [2.24, 2.45) is 0 Å². The van der Waals surface area contributed by atoms with E-state index in [0.717, 1.165) is 24.4 Å². The summed E-state index contributed by atoms with van der Waals surface area (Å²) < 4.78 is 0. The number of nitriles is 1. The van der Waals surface area contributed by atoms with Gasteiger partial charge in [0.15, 0.2) is 0 Å². The van der Waals surface area contributed by atoms with Crippen LogP contribution in [0.25, 0.3) is 0 Å². The standard InChI is InChI=1S/C16H17N3S/c1-2-18-11-13-5-7-15(8-6-13)20-12-14-4-3-9-19-16(14)10-17/h3-9,18H,2,11-12H2,1H3. The van der Waals surface area contributed by atoms with Crippen LogP contribution < -0.4 is 5.32 Å². The normalized spacial score (nSPS) is 10.2. The molecular formula is C16H17N3S. The van der Waals surface area contributed by atoms with Crippen LogP contribution in [0.15, 0.2) is 47.5 Å². The number of hydrogen-bond acceptors (Lipinski definition) is 4. The van der Waals surface area contributed by atoms with E-state index in [1.165, 1.54) is 10.5 Å². The van der Waals surface area contributed by atoms with Crippen LogP contribution in [0, 0.1) is 11.3 Å². The van der Waals surface area contributed by atoms with E-state index >= 15 is 0 Å². The molecule has 0 spiro atoms. The Morgan fingerprint density at radius 1 is 1.25 bits per heavy atom. The molecule has 0 aliphatic carbocycles. The molecule has 20 heavy (non-hydrogen) atoms. The number of pyridine rings is 1. The third-order valence-corrected chi connectivity index (χ3v) is 3.95. The smallest absolute Gasteiger partial charge is 0.144 e. The Morgan fingerprint density at radius 3 is 2.75 bits per heavy atom. The van der Waals surface area contributed by atoms with Crippen molar-refractivity contribution in [2.45, 2.75) is 24.1 Å². The minimum atomic E-state index is 0.517. The minimum absolute atomic E-state index is 0.517. The molecule has 2 rings (SSSR count). The van der Waals surface area contributed by atoms with Gasteiger partial charge in [0.05, 0.1) is 0 Å².